The van der Waals surface area contributed by atoms with Crippen molar-refractivity contribution in [1.29, 1.82) is 0 Å². The van der Waals surface area contributed by atoms with Gasteiger partial charge in [-0.25, -0.2) is 0 Å². The molecule has 0 saturated carbocycles. The standard InChI is InChI=1S/C22H32N/c1-5-10-20-14-16-22(17-15-20)23(4,19(2)3)18-9-13-21-11-7-6-8-12-21/h6-8,11-12,14-17,19H,5,9-10,13,18H2,1-4H3/q+1. The fourth-order valence-corrected chi connectivity index (χ4v) is 3.23. The van der Waals surface area contributed by atoms with Crippen LogP contribution in [0.2, 0.25) is 0 Å². The number of nitrogens with zero attached hydrogens (tertiary/aromatic N) is 1. The van der Waals surface area contributed by atoms with Crippen LogP contribution in [0, 0.1) is 0 Å². The highest BCUT2D eigenvalue weighted by Crippen LogP contribution is 2.26. The van der Waals surface area contributed by atoms with Crippen molar-refractivity contribution >= 4 is 5.69 Å². The van der Waals surface area contributed by atoms with Gasteiger partial charge in [0.15, 0.2) is 0 Å². The van der Waals surface area contributed by atoms with Crippen molar-refractivity contribution in [2.45, 2.75) is 52.5 Å². The first-order chi connectivity index (χ1) is 11.1. The third kappa shape index (κ3) is 4.68. The Morgan fingerprint density at radius 1 is 0.826 bits per heavy atom. The van der Waals surface area contributed by atoms with Crippen molar-refractivity contribution in [3.05, 3.63) is 65.7 Å². The van der Waals surface area contributed by atoms with Crippen molar-refractivity contribution in [2.75, 3.05) is 13.6 Å². The Kier molecular flexibility index (Phi) is 6.41. The molecule has 1 atom stereocenters. The normalized spacial score (nSPS) is 14.0. The number of quaternary nitrogens is 1. The maximum absolute atomic E-state index is 2.38. The molecule has 0 saturated heterocycles. The number of rotatable bonds is 8. The van der Waals surface area contributed by atoms with Gasteiger partial charge in [-0.05, 0) is 49.9 Å². The number of aryl methyl sites for hydroxylation is 2. The maximum atomic E-state index is 2.38. The van der Waals surface area contributed by atoms with Crippen molar-refractivity contribution in [3.63, 3.8) is 0 Å². The molecule has 0 aliphatic rings. The monoisotopic (exact) mass is 310 g/mol. The van der Waals surface area contributed by atoms with Gasteiger partial charge in [0.1, 0.15) is 5.69 Å². The topological polar surface area (TPSA) is 0 Å². The molecule has 1 nitrogen and oxygen atoms in total. The van der Waals surface area contributed by atoms with Gasteiger partial charge in [-0.15, -0.1) is 0 Å². The van der Waals surface area contributed by atoms with Crippen LogP contribution in [0.25, 0.3) is 0 Å². The second kappa shape index (κ2) is 8.31. The minimum absolute atomic E-state index is 0.586. The van der Waals surface area contributed by atoms with Crippen LogP contribution in [-0.2, 0) is 12.8 Å². The summed E-state index contributed by atoms with van der Waals surface area (Å²) in [5.41, 5.74) is 4.34. The van der Waals surface area contributed by atoms with Crippen LogP contribution < -0.4 is 4.48 Å². The molecule has 1 unspecified atom stereocenters. The van der Waals surface area contributed by atoms with E-state index in [1.807, 2.05) is 0 Å². The molecule has 0 aliphatic heterocycles. The fraction of sp³-hybridized carbons (Fsp3) is 0.455. The van der Waals surface area contributed by atoms with Gasteiger partial charge >= 0.3 is 0 Å². The molecule has 124 valence electrons. The average Bonchev–Trinajstić information content (AvgIpc) is 2.56. The Morgan fingerprint density at radius 3 is 2.00 bits per heavy atom. The van der Waals surface area contributed by atoms with E-state index >= 15 is 0 Å². The molecular formula is C22H32N+. The molecule has 0 aromatic heterocycles. The van der Waals surface area contributed by atoms with Gasteiger partial charge in [0.05, 0.1) is 19.6 Å². The summed E-state index contributed by atoms with van der Waals surface area (Å²) in [4.78, 5) is 0. The second-order valence-electron chi connectivity index (χ2n) is 7.09. The van der Waals surface area contributed by atoms with Crippen molar-refractivity contribution in [1.82, 2.24) is 4.48 Å². The number of hydrogen-bond donors (Lipinski definition) is 0. The summed E-state index contributed by atoms with van der Waals surface area (Å²) >= 11 is 0. The van der Waals surface area contributed by atoms with Gasteiger partial charge in [0.25, 0.3) is 0 Å². The summed E-state index contributed by atoms with van der Waals surface area (Å²) in [6.45, 7) is 8.09. The quantitative estimate of drug-likeness (QED) is 0.555. The Hall–Kier alpha value is -1.60. The maximum Gasteiger partial charge on any atom is 0.132 e. The predicted molar refractivity (Wildman–Crippen MR) is 103 cm³/mol. The highest BCUT2D eigenvalue weighted by atomic mass is 15.4. The van der Waals surface area contributed by atoms with Crippen LogP contribution in [0.5, 0.6) is 0 Å². The van der Waals surface area contributed by atoms with Crippen LogP contribution in [0.4, 0.5) is 5.69 Å². The SMILES string of the molecule is CCCc1ccc([N+](C)(CCCc2ccccc2)C(C)C)cc1. The summed E-state index contributed by atoms with van der Waals surface area (Å²) in [6.07, 6.45) is 4.77. The van der Waals surface area contributed by atoms with Crippen LogP contribution in [0.15, 0.2) is 54.6 Å². The first-order valence-corrected chi connectivity index (χ1v) is 9.05. The fourth-order valence-electron chi connectivity index (χ4n) is 3.23. The zero-order chi connectivity index (χ0) is 16.7. The lowest BCUT2D eigenvalue weighted by Gasteiger charge is -2.38. The first-order valence-electron chi connectivity index (χ1n) is 9.05. The van der Waals surface area contributed by atoms with E-state index in [1.165, 1.54) is 42.6 Å². The minimum atomic E-state index is 0.586. The number of benzene rings is 2. The molecular weight excluding hydrogens is 278 g/mol. The van der Waals surface area contributed by atoms with Gasteiger partial charge in [0.2, 0.25) is 0 Å². The average molecular weight is 311 g/mol. The Labute approximate surface area is 142 Å². The van der Waals surface area contributed by atoms with Crippen molar-refractivity contribution in [2.24, 2.45) is 0 Å². The molecule has 0 fully saturated rings. The predicted octanol–water partition coefficient (Wildman–Crippen LogP) is 5.62. The molecule has 2 rings (SSSR count). The zero-order valence-electron chi connectivity index (χ0n) is 15.3. The molecule has 0 radical (unpaired) electrons. The van der Waals surface area contributed by atoms with Gasteiger partial charge in [0, 0.05) is 6.42 Å². The van der Waals surface area contributed by atoms with Crippen LogP contribution >= 0.6 is 0 Å². The third-order valence-corrected chi connectivity index (χ3v) is 5.14. The Morgan fingerprint density at radius 2 is 1.43 bits per heavy atom. The molecule has 0 heterocycles. The third-order valence-electron chi connectivity index (χ3n) is 5.14. The highest BCUT2D eigenvalue weighted by molar-refractivity contribution is 5.44. The van der Waals surface area contributed by atoms with Crippen LogP contribution in [-0.4, -0.2) is 19.6 Å². The Balaban J connectivity index is 2.05. The van der Waals surface area contributed by atoms with Crippen molar-refractivity contribution in [3.8, 4) is 0 Å². The molecule has 0 bridgehead atoms. The van der Waals surface area contributed by atoms with E-state index in [1.54, 1.807) is 0 Å². The first kappa shape index (κ1) is 17.7. The smallest absolute Gasteiger partial charge is 0.132 e. The van der Waals surface area contributed by atoms with E-state index in [4.69, 9.17) is 0 Å². The van der Waals surface area contributed by atoms with Crippen LogP contribution in [0.1, 0.15) is 44.7 Å². The molecule has 2 aromatic rings. The summed E-state index contributed by atoms with van der Waals surface area (Å²) < 4.78 is 1.01. The molecule has 1 heteroatoms. The highest BCUT2D eigenvalue weighted by Gasteiger charge is 2.28. The molecule has 0 amide bonds. The van der Waals surface area contributed by atoms with E-state index in [9.17, 15) is 0 Å². The van der Waals surface area contributed by atoms with E-state index in [0.29, 0.717) is 6.04 Å². The largest absolute Gasteiger partial charge is 0.292 e. The summed E-state index contributed by atoms with van der Waals surface area (Å²) in [5, 5.41) is 0. The van der Waals surface area contributed by atoms with Gasteiger partial charge in [-0.1, -0.05) is 55.8 Å². The van der Waals surface area contributed by atoms with Gasteiger partial charge < -0.3 is 0 Å². The summed E-state index contributed by atoms with van der Waals surface area (Å²) in [5.74, 6) is 0. The number of hydrogen-bond acceptors (Lipinski definition) is 0. The molecule has 2 aromatic carbocycles. The van der Waals surface area contributed by atoms with E-state index in [2.05, 4.69) is 82.4 Å². The lowest BCUT2D eigenvalue weighted by atomic mass is 10.1. The van der Waals surface area contributed by atoms with E-state index in [0.717, 1.165) is 10.9 Å². The summed E-state index contributed by atoms with van der Waals surface area (Å²) in [7, 11) is 2.38. The molecule has 0 spiro atoms. The molecule has 0 N–H and O–H groups in total. The van der Waals surface area contributed by atoms with E-state index < -0.39 is 0 Å². The molecule has 23 heavy (non-hydrogen) atoms. The second-order valence-corrected chi connectivity index (χ2v) is 7.09. The lowest BCUT2D eigenvalue weighted by Crippen LogP contribution is -2.51. The molecule has 0 aliphatic carbocycles. The zero-order valence-corrected chi connectivity index (χ0v) is 15.3. The van der Waals surface area contributed by atoms with E-state index in [-0.39, 0.29) is 0 Å². The summed E-state index contributed by atoms with van der Waals surface area (Å²) in [6, 6.07) is 20.7. The lowest BCUT2D eigenvalue weighted by molar-refractivity contribution is 0.268. The van der Waals surface area contributed by atoms with Gasteiger partial charge in [-0.3, -0.25) is 4.48 Å². The van der Waals surface area contributed by atoms with Crippen LogP contribution in [0.3, 0.4) is 0 Å². The van der Waals surface area contributed by atoms with Gasteiger partial charge in [-0.2, -0.15) is 0 Å². The Bertz CT molecular complexity index is 571. The minimum Gasteiger partial charge on any atom is -0.292 e. The van der Waals surface area contributed by atoms with Crippen molar-refractivity contribution < 1.29 is 0 Å².